The van der Waals surface area contributed by atoms with E-state index in [9.17, 15) is 0 Å². The van der Waals surface area contributed by atoms with Gasteiger partial charge in [-0.25, -0.2) is 0 Å². The van der Waals surface area contributed by atoms with Crippen molar-refractivity contribution in [3.63, 3.8) is 0 Å². The first-order valence-electron chi connectivity index (χ1n) is 9.18. The minimum atomic E-state index is 0.479. The van der Waals surface area contributed by atoms with Gasteiger partial charge in [-0.3, -0.25) is 0 Å². The molecule has 2 fully saturated rings. The van der Waals surface area contributed by atoms with E-state index in [2.05, 4.69) is 19.2 Å². The maximum atomic E-state index is 6.39. The molecule has 118 valence electrons. The van der Waals surface area contributed by atoms with Gasteiger partial charge in [0, 0.05) is 12.6 Å². The lowest BCUT2D eigenvalue weighted by Crippen LogP contribution is -2.46. The lowest BCUT2D eigenvalue weighted by atomic mass is 9.81. The van der Waals surface area contributed by atoms with Crippen LogP contribution in [0.4, 0.5) is 0 Å². The van der Waals surface area contributed by atoms with Gasteiger partial charge in [0.15, 0.2) is 0 Å². The van der Waals surface area contributed by atoms with Crippen LogP contribution in [0.25, 0.3) is 0 Å². The zero-order valence-corrected chi connectivity index (χ0v) is 13.7. The summed E-state index contributed by atoms with van der Waals surface area (Å²) in [5.74, 6) is 1.77. The highest BCUT2D eigenvalue weighted by Crippen LogP contribution is 2.32. The topological polar surface area (TPSA) is 21.3 Å². The summed E-state index contributed by atoms with van der Waals surface area (Å²) in [6, 6.07) is 0.615. The van der Waals surface area contributed by atoms with Gasteiger partial charge in [-0.15, -0.1) is 0 Å². The van der Waals surface area contributed by atoms with Crippen LogP contribution < -0.4 is 5.32 Å². The molecule has 0 amide bonds. The molecule has 0 spiro atoms. The van der Waals surface area contributed by atoms with Crippen LogP contribution in [0.15, 0.2) is 0 Å². The molecule has 2 aliphatic rings. The van der Waals surface area contributed by atoms with Crippen molar-refractivity contribution in [3.8, 4) is 0 Å². The highest BCUT2D eigenvalue weighted by Gasteiger charge is 2.31. The van der Waals surface area contributed by atoms with Crippen LogP contribution in [0.2, 0.25) is 0 Å². The zero-order valence-electron chi connectivity index (χ0n) is 13.7. The Morgan fingerprint density at radius 2 is 1.75 bits per heavy atom. The Morgan fingerprint density at radius 1 is 0.950 bits per heavy atom. The van der Waals surface area contributed by atoms with Crippen molar-refractivity contribution < 1.29 is 4.74 Å². The van der Waals surface area contributed by atoms with E-state index in [1.165, 1.54) is 64.2 Å². The molecule has 2 nitrogen and oxygen atoms in total. The molecule has 1 N–H and O–H groups in total. The summed E-state index contributed by atoms with van der Waals surface area (Å²) in [5.41, 5.74) is 0. The van der Waals surface area contributed by atoms with Crippen molar-refractivity contribution >= 4 is 0 Å². The van der Waals surface area contributed by atoms with Gasteiger partial charge in [0.05, 0.1) is 6.10 Å². The van der Waals surface area contributed by atoms with Gasteiger partial charge in [-0.1, -0.05) is 39.5 Å². The molecule has 2 aliphatic carbocycles. The van der Waals surface area contributed by atoms with Crippen LogP contribution in [-0.2, 0) is 4.74 Å². The molecule has 2 heteroatoms. The number of nitrogens with one attached hydrogen (secondary N) is 1. The van der Waals surface area contributed by atoms with Crippen LogP contribution in [-0.4, -0.2) is 25.3 Å². The van der Waals surface area contributed by atoms with Crippen LogP contribution in [0, 0.1) is 11.8 Å². The largest absolute Gasteiger partial charge is 0.376 e. The average molecular weight is 281 g/mol. The molecule has 0 radical (unpaired) electrons. The predicted molar refractivity (Wildman–Crippen MR) is 86.0 cm³/mol. The fraction of sp³-hybridized carbons (Fsp3) is 1.00. The van der Waals surface area contributed by atoms with Crippen molar-refractivity contribution in [2.75, 3.05) is 13.2 Å². The molecule has 0 aliphatic heterocycles. The molecule has 2 rings (SSSR count). The first-order valence-corrected chi connectivity index (χ1v) is 9.18. The minimum absolute atomic E-state index is 0.479. The van der Waals surface area contributed by atoms with Gasteiger partial charge < -0.3 is 10.1 Å². The van der Waals surface area contributed by atoms with Gasteiger partial charge >= 0.3 is 0 Å². The van der Waals surface area contributed by atoms with Gasteiger partial charge in [0.25, 0.3) is 0 Å². The Kier molecular flexibility index (Phi) is 7.37. The molecule has 3 unspecified atom stereocenters. The fourth-order valence-corrected chi connectivity index (χ4v) is 4.07. The normalized spacial score (nSPS) is 31.8. The smallest absolute Gasteiger partial charge is 0.0730 e. The SMILES string of the molecule is CCCNC1CCC(CCC)CC1OCC1CCCC1. The quantitative estimate of drug-likeness (QED) is 0.706. The molecular formula is C18H35NO. The standard InChI is InChI=1S/C18H35NO/c1-3-7-15-10-11-17(19-12-4-2)18(13-15)20-14-16-8-5-6-9-16/h15-19H,3-14H2,1-2H3. The van der Waals surface area contributed by atoms with E-state index in [0.717, 1.165) is 25.0 Å². The van der Waals surface area contributed by atoms with Crippen LogP contribution in [0.5, 0.6) is 0 Å². The Bertz CT molecular complexity index is 250. The third kappa shape index (κ3) is 5.04. The van der Waals surface area contributed by atoms with E-state index < -0.39 is 0 Å². The third-order valence-electron chi connectivity index (χ3n) is 5.27. The Hall–Kier alpha value is -0.0800. The van der Waals surface area contributed by atoms with Gasteiger partial charge in [-0.05, 0) is 56.9 Å². The van der Waals surface area contributed by atoms with Crippen LogP contribution in [0.1, 0.15) is 78.1 Å². The molecule has 0 bridgehead atoms. The monoisotopic (exact) mass is 281 g/mol. The minimum Gasteiger partial charge on any atom is -0.376 e. The van der Waals surface area contributed by atoms with Crippen LogP contribution in [0.3, 0.4) is 0 Å². The Labute approximate surface area is 126 Å². The maximum Gasteiger partial charge on any atom is 0.0730 e. The Morgan fingerprint density at radius 3 is 2.45 bits per heavy atom. The molecule has 0 saturated heterocycles. The molecule has 0 aromatic heterocycles. The molecule has 20 heavy (non-hydrogen) atoms. The van der Waals surface area contributed by atoms with E-state index in [4.69, 9.17) is 4.74 Å². The summed E-state index contributed by atoms with van der Waals surface area (Å²) >= 11 is 0. The summed E-state index contributed by atoms with van der Waals surface area (Å²) in [6.07, 6.45) is 14.1. The van der Waals surface area contributed by atoms with Crippen molar-refractivity contribution in [3.05, 3.63) is 0 Å². The summed E-state index contributed by atoms with van der Waals surface area (Å²) in [6.45, 7) is 6.74. The highest BCUT2D eigenvalue weighted by molar-refractivity contribution is 4.86. The number of hydrogen-bond acceptors (Lipinski definition) is 2. The molecule has 2 saturated carbocycles. The third-order valence-corrected chi connectivity index (χ3v) is 5.27. The number of rotatable bonds is 8. The molecule has 3 atom stereocenters. The van der Waals surface area contributed by atoms with Crippen molar-refractivity contribution in [1.82, 2.24) is 5.32 Å². The second kappa shape index (κ2) is 9.04. The van der Waals surface area contributed by atoms with Gasteiger partial charge in [-0.2, -0.15) is 0 Å². The predicted octanol–water partition coefficient (Wildman–Crippen LogP) is 4.53. The maximum absolute atomic E-state index is 6.39. The summed E-state index contributed by atoms with van der Waals surface area (Å²) in [4.78, 5) is 0. The molecule has 0 aromatic rings. The van der Waals surface area contributed by atoms with Gasteiger partial charge in [0.2, 0.25) is 0 Å². The van der Waals surface area contributed by atoms with E-state index >= 15 is 0 Å². The lowest BCUT2D eigenvalue weighted by molar-refractivity contribution is -0.0257. The number of ether oxygens (including phenoxy) is 1. The second-order valence-electron chi connectivity index (χ2n) is 7.05. The van der Waals surface area contributed by atoms with Crippen molar-refractivity contribution in [1.29, 1.82) is 0 Å². The summed E-state index contributed by atoms with van der Waals surface area (Å²) in [5, 5.41) is 3.73. The first kappa shape index (κ1) is 16.3. The molecular weight excluding hydrogens is 246 g/mol. The molecule has 0 aromatic carbocycles. The zero-order chi connectivity index (χ0) is 14.2. The number of hydrogen-bond donors (Lipinski definition) is 1. The summed E-state index contributed by atoms with van der Waals surface area (Å²) < 4.78 is 6.39. The van der Waals surface area contributed by atoms with Crippen molar-refractivity contribution in [2.45, 2.75) is 90.2 Å². The lowest BCUT2D eigenvalue weighted by Gasteiger charge is -2.37. The Balaban J connectivity index is 1.79. The van der Waals surface area contributed by atoms with Gasteiger partial charge in [0.1, 0.15) is 0 Å². The molecule has 0 heterocycles. The van der Waals surface area contributed by atoms with Crippen molar-refractivity contribution in [2.24, 2.45) is 11.8 Å². The van der Waals surface area contributed by atoms with Crippen LogP contribution >= 0.6 is 0 Å². The average Bonchev–Trinajstić information content (AvgIpc) is 2.97. The van der Waals surface area contributed by atoms with E-state index in [-0.39, 0.29) is 0 Å². The second-order valence-corrected chi connectivity index (χ2v) is 7.05. The van der Waals surface area contributed by atoms with E-state index in [1.54, 1.807) is 0 Å². The fourth-order valence-electron chi connectivity index (χ4n) is 4.07. The highest BCUT2D eigenvalue weighted by atomic mass is 16.5. The first-order chi connectivity index (χ1) is 9.83. The van der Waals surface area contributed by atoms with E-state index in [1.807, 2.05) is 0 Å². The van der Waals surface area contributed by atoms with E-state index in [0.29, 0.717) is 12.1 Å². The summed E-state index contributed by atoms with van der Waals surface area (Å²) in [7, 11) is 0.